The highest BCUT2D eigenvalue weighted by Gasteiger charge is 2.40. The predicted octanol–water partition coefficient (Wildman–Crippen LogP) is -0.469. The predicted molar refractivity (Wildman–Crippen MR) is 73.0 cm³/mol. The smallest absolute Gasteiger partial charge is 0.287 e. The molecular weight excluding hydrogens is 292 g/mol. The lowest BCUT2D eigenvalue weighted by Gasteiger charge is -2.34. The highest BCUT2D eigenvalue weighted by atomic mass is 16.5. The summed E-state index contributed by atoms with van der Waals surface area (Å²) in [6.07, 6.45) is 0.177. The van der Waals surface area contributed by atoms with Crippen molar-refractivity contribution in [3.63, 3.8) is 0 Å². The number of nitrogens with zero attached hydrogens (tertiary/aromatic N) is 2. The Morgan fingerprint density at radius 3 is 2.59 bits per heavy atom. The first-order chi connectivity index (χ1) is 10.3. The molecule has 9 heteroatoms. The van der Waals surface area contributed by atoms with Gasteiger partial charge in [0, 0.05) is 25.0 Å². The summed E-state index contributed by atoms with van der Waals surface area (Å²) in [6.45, 7) is 1.51. The number of aromatic nitrogens is 1. The van der Waals surface area contributed by atoms with Gasteiger partial charge in [-0.3, -0.25) is 14.4 Å². The molecular formula is C13H18N4O5. The maximum atomic E-state index is 12.1. The van der Waals surface area contributed by atoms with Crippen LogP contribution in [0.1, 0.15) is 41.9 Å². The Bertz CT molecular complexity index is 593. The zero-order valence-electron chi connectivity index (χ0n) is 12.3. The monoisotopic (exact) mass is 310 g/mol. The molecule has 0 bridgehead atoms. The standard InChI is InChI=1S/C13H18N4O5/c1-6(21-2)12(19)17(15)13(20)8-3-7(4-8)9-5-10(11(14)18)22-16-9/h5-8H,3-4,15H2,1-2H3,(H2,14,18)/t6-,7?,8?/m1/s1. The lowest BCUT2D eigenvalue weighted by molar-refractivity contribution is -0.155. The van der Waals surface area contributed by atoms with Gasteiger partial charge in [-0.05, 0) is 19.8 Å². The van der Waals surface area contributed by atoms with Crippen LogP contribution in [0.15, 0.2) is 10.6 Å². The molecule has 1 aliphatic rings. The zero-order valence-corrected chi connectivity index (χ0v) is 12.3. The molecule has 1 atom stereocenters. The van der Waals surface area contributed by atoms with E-state index in [1.54, 1.807) is 0 Å². The van der Waals surface area contributed by atoms with Gasteiger partial charge < -0.3 is 15.0 Å². The number of hydrogen-bond donors (Lipinski definition) is 2. The van der Waals surface area contributed by atoms with Gasteiger partial charge in [-0.2, -0.15) is 0 Å². The SMILES string of the molecule is CO[C@H](C)C(=O)N(N)C(=O)C1CC(c2cc(C(N)=O)on2)C1. The van der Waals surface area contributed by atoms with Crippen molar-refractivity contribution in [2.24, 2.45) is 17.5 Å². The minimum Gasteiger partial charge on any atom is -0.372 e. The summed E-state index contributed by atoms with van der Waals surface area (Å²) in [5.74, 6) is 3.39. The number of rotatable bonds is 5. The summed E-state index contributed by atoms with van der Waals surface area (Å²) in [4.78, 5) is 34.8. The number of hydrazine groups is 1. The maximum absolute atomic E-state index is 12.1. The number of nitrogens with two attached hydrogens (primary N) is 2. The molecule has 0 saturated heterocycles. The van der Waals surface area contributed by atoms with Crippen molar-refractivity contribution in [1.82, 2.24) is 10.2 Å². The van der Waals surface area contributed by atoms with E-state index in [4.69, 9.17) is 20.8 Å². The third kappa shape index (κ3) is 3.00. The third-order valence-electron chi connectivity index (χ3n) is 3.85. The summed E-state index contributed by atoms with van der Waals surface area (Å²) in [7, 11) is 1.36. The van der Waals surface area contributed by atoms with Crippen LogP contribution in [0.4, 0.5) is 0 Å². The van der Waals surface area contributed by atoms with Crippen LogP contribution < -0.4 is 11.6 Å². The van der Waals surface area contributed by atoms with E-state index in [0.29, 0.717) is 23.5 Å². The minimum atomic E-state index is -0.779. The summed E-state index contributed by atoms with van der Waals surface area (Å²) < 4.78 is 9.64. The number of methoxy groups -OCH3 is 1. The second kappa shape index (κ2) is 6.24. The van der Waals surface area contributed by atoms with Crippen LogP contribution in [-0.4, -0.2) is 41.1 Å². The van der Waals surface area contributed by atoms with Crippen LogP contribution in [0.3, 0.4) is 0 Å². The van der Waals surface area contributed by atoms with Gasteiger partial charge in [0.1, 0.15) is 6.10 Å². The van der Waals surface area contributed by atoms with E-state index in [0.717, 1.165) is 0 Å². The molecule has 9 nitrogen and oxygen atoms in total. The Labute approximate surface area is 126 Å². The summed E-state index contributed by atoms with van der Waals surface area (Å²) in [5.41, 5.74) is 5.64. The Balaban J connectivity index is 1.91. The van der Waals surface area contributed by atoms with Crippen LogP contribution in [0.25, 0.3) is 0 Å². The van der Waals surface area contributed by atoms with E-state index in [9.17, 15) is 14.4 Å². The molecule has 0 aromatic carbocycles. The van der Waals surface area contributed by atoms with E-state index in [1.165, 1.54) is 20.1 Å². The zero-order chi connectivity index (χ0) is 16.4. The Morgan fingerprint density at radius 2 is 2.09 bits per heavy atom. The molecule has 22 heavy (non-hydrogen) atoms. The van der Waals surface area contributed by atoms with Crippen molar-refractivity contribution in [2.75, 3.05) is 7.11 Å². The van der Waals surface area contributed by atoms with Crippen LogP contribution >= 0.6 is 0 Å². The first kappa shape index (κ1) is 16.1. The molecule has 1 heterocycles. The van der Waals surface area contributed by atoms with Gasteiger partial charge in [0.2, 0.25) is 11.7 Å². The highest BCUT2D eigenvalue weighted by Crippen LogP contribution is 2.41. The van der Waals surface area contributed by atoms with Gasteiger partial charge in [0.25, 0.3) is 11.8 Å². The maximum Gasteiger partial charge on any atom is 0.287 e. The third-order valence-corrected chi connectivity index (χ3v) is 3.85. The first-order valence-electron chi connectivity index (χ1n) is 6.76. The van der Waals surface area contributed by atoms with E-state index >= 15 is 0 Å². The van der Waals surface area contributed by atoms with Crippen molar-refractivity contribution in [3.05, 3.63) is 17.5 Å². The van der Waals surface area contributed by atoms with Crippen LogP contribution in [0.5, 0.6) is 0 Å². The van der Waals surface area contributed by atoms with Crippen LogP contribution in [0.2, 0.25) is 0 Å². The second-order valence-electron chi connectivity index (χ2n) is 5.27. The van der Waals surface area contributed by atoms with Crippen molar-refractivity contribution in [2.45, 2.75) is 31.8 Å². The summed E-state index contributed by atoms with van der Waals surface area (Å²) in [6, 6.07) is 1.46. The Hall–Kier alpha value is -2.26. The first-order valence-corrected chi connectivity index (χ1v) is 6.76. The summed E-state index contributed by atoms with van der Waals surface area (Å²) >= 11 is 0. The molecule has 3 amide bonds. The molecule has 120 valence electrons. The van der Waals surface area contributed by atoms with Gasteiger partial charge in [-0.1, -0.05) is 5.16 Å². The van der Waals surface area contributed by atoms with E-state index < -0.39 is 23.8 Å². The van der Waals surface area contributed by atoms with Gasteiger partial charge in [0.05, 0.1) is 5.69 Å². The number of amides is 3. The Kier molecular flexibility index (Phi) is 4.57. The minimum absolute atomic E-state index is 0.0191. The normalized spacial score (nSPS) is 21.8. The number of ether oxygens (including phenoxy) is 1. The number of imide groups is 1. The van der Waals surface area contributed by atoms with Crippen LogP contribution in [-0.2, 0) is 14.3 Å². The summed E-state index contributed by atoms with van der Waals surface area (Å²) in [5, 5.41) is 4.36. The van der Waals surface area contributed by atoms with Gasteiger partial charge in [0.15, 0.2) is 0 Å². The molecule has 1 aliphatic carbocycles. The van der Waals surface area contributed by atoms with Crippen molar-refractivity contribution < 1.29 is 23.6 Å². The van der Waals surface area contributed by atoms with Gasteiger partial charge in [-0.25, -0.2) is 10.9 Å². The number of primary amides is 1. The van der Waals surface area contributed by atoms with Crippen LogP contribution in [0, 0.1) is 5.92 Å². The average Bonchev–Trinajstić information content (AvgIpc) is 2.92. The molecule has 1 aromatic heterocycles. The number of carbonyl (C=O) groups excluding carboxylic acids is 3. The molecule has 0 unspecified atom stereocenters. The average molecular weight is 310 g/mol. The number of carbonyl (C=O) groups is 3. The molecule has 2 rings (SSSR count). The molecule has 1 aromatic rings. The quantitative estimate of drug-likeness (QED) is 0.425. The fourth-order valence-electron chi connectivity index (χ4n) is 2.26. The highest BCUT2D eigenvalue weighted by molar-refractivity contribution is 5.97. The largest absolute Gasteiger partial charge is 0.372 e. The van der Waals surface area contributed by atoms with E-state index in [1.807, 2.05) is 0 Å². The molecule has 0 spiro atoms. The lowest BCUT2D eigenvalue weighted by atomic mass is 9.72. The van der Waals surface area contributed by atoms with Crippen molar-refractivity contribution >= 4 is 17.7 Å². The fraction of sp³-hybridized carbons (Fsp3) is 0.538. The molecule has 0 aliphatic heterocycles. The molecule has 0 radical (unpaired) electrons. The fourth-order valence-corrected chi connectivity index (χ4v) is 2.26. The molecule has 4 N–H and O–H groups in total. The molecule has 1 saturated carbocycles. The van der Waals surface area contributed by atoms with E-state index in [-0.39, 0.29) is 17.6 Å². The van der Waals surface area contributed by atoms with Crippen molar-refractivity contribution in [1.29, 1.82) is 0 Å². The van der Waals surface area contributed by atoms with Gasteiger partial charge >= 0.3 is 0 Å². The Morgan fingerprint density at radius 1 is 1.45 bits per heavy atom. The lowest BCUT2D eigenvalue weighted by Crippen LogP contribution is -2.51. The second-order valence-corrected chi connectivity index (χ2v) is 5.27. The van der Waals surface area contributed by atoms with Crippen molar-refractivity contribution in [3.8, 4) is 0 Å². The topological polar surface area (TPSA) is 142 Å². The number of hydrogen-bond acceptors (Lipinski definition) is 7. The molecule has 1 fully saturated rings. The van der Waals surface area contributed by atoms with E-state index in [2.05, 4.69) is 5.16 Å². The van der Waals surface area contributed by atoms with Gasteiger partial charge in [-0.15, -0.1) is 0 Å².